The standard InChI is InChI=1S/C14H16BrNO2/c1-9-13-7-12(18-3)5-4-10(13)6-11(8-15)16(2)14(9)17/h4-5,7,11H,1,6,8H2,2-3H3/t11-/m1/s1. The Labute approximate surface area is 116 Å². The van der Waals surface area contributed by atoms with Crippen LogP contribution in [0.4, 0.5) is 0 Å². The van der Waals surface area contributed by atoms with E-state index in [1.165, 1.54) is 0 Å². The molecule has 1 amide bonds. The number of fused-ring (bicyclic) bond motifs is 1. The minimum Gasteiger partial charge on any atom is -0.497 e. The van der Waals surface area contributed by atoms with Gasteiger partial charge in [-0.05, 0) is 29.7 Å². The number of hydrogen-bond donors (Lipinski definition) is 0. The Morgan fingerprint density at radius 2 is 2.28 bits per heavy atom. The van der Waals surface area contributed by atoms with Crippen molar-refractivity contribution in [3.05, 3.63) is 35.9 Å². The van der Waals surface area contributed by atoms with E-state index in [-0.39, 0.29) is 11.9 Å². The summed E-state index contributed by atoms with van der Waals surface area (Å²) < 4.78 is 5.21. The highest BCUT2D eigenvalue weighted by molar-refractivity contribution is 9.09. The number of hydrogen-bond acceptors (Lipinski definition) is 2. The van der Waals surface area contributed by atoms with Gasteiger partial charge >= 0.3 is 0 Å². The number of likely N-dealkylation sites (N-methyl/N-ethyl adjacent to an activating group) is 1. The van der Waals surface area contributed by atoms with Crippen molar-refractivity contribution in [3.8, 4) is 5.75 Å². The van der Waals surface area contributed by atoms with E-state index < -0.39 is 0 Å². The molecule has 0 spiro atoms. The van der Waals surface area contributed by atoms with Crippen molar-refractivity contribution in [1.82, 2.24) is 4.90 Å². The third-order valence-electron chi connectivity index (χ3n) is 3.40. The molecule has 0 aromatic heterocycles. The number of nitrogens with zero attached hydrogens (tertiary/aromatic N) is 1. The van der Waals surface area contributed by atoms with Gasteiger partial charge in [-0.25, -0.2) is 0 Å². The van der Waals surface area contributed by atoms with Crippen LogP contribution in [0.15, 0.2) is 24.8 Å². The van der Waals surface area contributed by atoms with Gasteiger partial charge < -0.3 is 9.64 Å². The second-order valence-corrected chi connectivity index (χ2v) is 5.08. The summed E-state index contributed by atoms with van der Waals surface area (Å²) in [6.07, 6.45) is 0.825. The molecule has 0 saturated heterocycles. The molecule has 96 valence electrons. The summed E-state index contributed by atoms with van der Waals surface area (Å²) in [4.78, 5) is 14.0. The van der Waals surface area contributed by atoms with E-state index in [9.17, 15) is 4.79 Å². The van der Waals surface area contributed by atoms with E-state index in [2.05, 4.69) is 22.5 Å². The molecule has 0 saturated carbocycles. The summed E-state index contributed by atoms with van der Waals surface area (Å²) >= 11 is 3.47. The molecule has 1 aromatic carbocycles. The van der Waals surface area contributed by atoms with Gasteiger partial charge in [0.25, 0.3) is 5.91 Å². The van der Waals surface area contributed by atoms with Crippen LogP contribution in [0.25, 0.3) is 5.57 Å². The minimum absolute atomic E-state index is 0.0218. The zero-order valence-electron chi connectivity index (χ0n) is 10.6. The number of alkyl halides is 1. The molecule has 1 heterocycles. The van der Waals surface area contributed by atoms with E-state index in [0.717, 1.165) is 28.6 Å². The maximum atomic E-state index is 12.2. The van der Waals surface area contributed by atoms with E-state index in [0.29, 0.717) is 5.57 Å². The molecule has 1 aromatic rings. The van der Waals surface area contributed by atoms with Crippen molar-refractivity contribution in [3.63, 3.8) is 0 Å². The molecule has 2 rings (SSSR count). The Kier molecular flexibility index (Phi) is 3.76. The van der Waals surface area contributed by atoms with Crippen LogP contribution < -0.4 is 4.74 Å². The first-order chi connectivity index (χ1) is 8.58. The second kappa shape index (κ2) is 5.14. The third-order valence-corrected chi connectivity index (χ3v) is 4.15. The molecule has 4 heteroatoms. The lowest BCUT2D eigenvalue weighted by Crippen LogP contribution is -2.38. The Hall–Kier alpha value is -1.29. The van der Waals surface area contributed by atoms with E-state index in [4.69, 9.17) is 4.74 Å². The number of halogens is 1. The predicted molar refractivity (Wildman–Crippen MR) is 76.1 cm³/mol. The fraction of sp³-hybridized carbons (Fsp3) is 0.357. The summed E-state index contributed by atoms with van der Waals surface area (Å²) in [5.74, 6) is 0.731. The lowest BCUT2D eigenvalue weighted by atomic mass is 9.98. The van der Waals surface area contributed by atoms with E-state index in [1.54, 1.807) is 12.0 Å². The summed E-state index contributed by atoms with van der Waals surface area (Å²) in [5, 5.41) is 0.758. The summed E-state index contributed by atoms with van der Waals surface area (Å²) in [5.41, 5.74) is 2.58. The Balaban J connectivity index is 2.51. The normalized spacial score (nSPS) is 19.5. The average molecular weight is 310 g/mol. The zero-order chi connectivity index (χ0) is 13.3. The van der Waals surface area contributed by atoms with Gasteiger partial charge in [0.05, 0.1) is 7.11 Å². The van der Waals surface area contributed by atoms with Crippen molar-refractivity contribution in [2.24, 2.45) is 0 Å². The molecule has 0 N–H and O–H groups in total. The van der Waals surface area contributed by atoms with Gasteiger partial charge in [-0.1, -0.05) is 28.6 Å². The van der Waals surface area contributed by atoms with Gasteiger partial charge in [0, 0.05) is 24.0 Å². The van der Waals surface area contributed by atoms with Crippen LogP contribution in [-0.2, 0) is 11.2 Å². The fourth-order valence-electron chi connectivity index (χ4n) is 2.18. The topological polar surface area (TPSA) is 29.5 Å². The van der Waals surface area contributed by atoms with Gasteiger partial charge in [0.2, 0.25) is 0 Å². The highest BCUT2D eigenvalue weighted by Crippen LogP contribution is 2.30. The quantitative estimate of drug-likeness (QED) is 0.620. The molecular formula is C14H16BrNO2. The van der Waals surface area contributed by atoms with Gasteiger partial charge in [-0.3, -0.25) is 4.79 Å². The smallest absolute Gasteiger partial charge is 0.253 e. The molecule has 0 radical (unpaired) electrons. The largest absolute Gasteiger partial charge is 0.497 e. The highest BCUT2D eigenvalue weighted by atomic mass is 79.9. The monoisotopic (exact) mass is 309 g/mol. The van der Waals surface area contributed by atoms with Gasteiger partial charge in [-0.15, -0.1) is 0 Å². The molecule has 1 aliphatic heterocycles. The highest BCUT2D eigenvalue weighted by Gasteiger charge is 2.28. The molecule has 1 aliphatic rings. The van der Waals surface area contributed by atoms with Gasteiger partial charge in [0.1, 0.15) is 5.75 Å². The number of carbonyl (C=O) groups is 1. The van der Waals surface area contributed by atoms with Crippen molar-refractivity contribution in [2.75, 3.05) is 19.5 Å². The lowest BCUT2D eigenvalue weighted by molar-refractivity contribution is -0.125. The van der Waals surface area contributed by atoms with Crippen LogP contribution in [0, 0.1) is 0 Å². The average Bonchev–Trinajstić information content (AvgIpc) is 2.49. The van der Waals surface area contributed by atoms with Crippen LogP contribution in [0.5, 0.6) is 5.75 Å². The first-order valence-corrected chi connectivity index (χ1v) is 6.90. The second-order valence-electron chi connectivity index (χ2n) is 4.43. The molecule has 1 atom stereocenters. The van der Waals surface area contributed by atoms with Crippen molar-refractivity contribution in [2.45, 2.75) is 12.5 Å². The summed E-state index contributed by atoms with van der Waals surface area (Å²) in [7, 11) is 3.44. The number of benzene rings is 1. The van der Waals surface area contributed by atoms with Crippen LogP contribution >= 0.6 is 15.9 Å². The lowest BCUT2D eigenvalue weighted by Gasteiger charge is -2.24. The first kappa shape index (κ1) is 13.1. The number of methoxy groups -OCH3 is 1. The number of amides is 1. The Bertz CT molecular complexity index is 499. The van der Waals surface area contributed by atoms with Crippen molar-refractivity contribution in [1.29, 1.82) is 0 Å². The zero-order valence-corrected chi connectivity index (χ0v) is 12.2. The van der Waals surface area contributed by atoms with Gasteiger partial charge in [-0.2, -0.15) is 0 Å². The van der Waals surface area contributed by atoms with E-state index in [1.807, 2.05) is 25.2 Å². The minimum atomic E-state index is -0.0218. The molecule has 0 unspecified atom stereocenters. The SMILES string of the molecule is C=C1C(=O)N(C)[C@@H](CBr)Cc2ccc(OC)cc21. The summed E-state index contributed by atoms with van der Waals surface area (Å²) in [6.45, 7) is 3.93. The molecule has 0 fully saturated rings. The van der Waals surface area contributed by atoms with Crippen LogP contribution in [-0.4, -0.2) is 36.3 Å². The van der Waals surface area contributed by atoms with Crippen LogP contribution in [0.2, 0.25) is 0 Å². The molecule has 0 aliphatic carbocycles. The maximum absolute atomic E-state index is 12.2. The molecular weight excluding hydrogens is 294 g/mol. The molecule has 0 bridgehead atoms. The maximum Gasteiger partial charge on any atom is 0.253 e. The predicted octanol–water partition coefficient (Wildman–Crippen LogP) is 2.49. The molecule has 3 nitrogen and oxygen atoms in total. The fourth-order valence-corrected chi connectivity index (χ4v) is 2.85. The summed E-state index contributed by atoms with van der Waals surface area (Å²) in [6, 6.07) is 5.98. The first-order valence-electron chi connectivity index (χ1n) is 5.77. The van der Waals surface area contributed by atoms with Gasteiger partial charge in [0.15, 0.2) is 0 Å². The Morgan fingerprint density at radius 3 is 2.89 bits per heavy atom. The number of ether oxygens (including phenoxy) is 1. The van der Waals surface area contributed by atoms with Crippen LogP contribution in [0.3, 0.4) is 0 Å². The number of carbonyl (C=O) groups excluding carboxylic acids is 1. The number of rotatable bonds is 2. The van der Waals surface area contributed by atoms with Crippen LogP contribution in [0.1, 0.15) is 11.1 Å². The third kappa shape index (κ3) is 2.17. The Morgan fingerprint density at radius 1 is 1.56 bits per heavy atom. The van der Waals surface area contributed by atoms with E-state index >= 15 is 0 Å². The molecule has 18 heavy (non-hydrogen) atoms. The van der Waals surface area contributed by atoms with Crippen molar-refractivity contribution < 1.29 is 9.53 Å². The van der Waals surface area contributed by atoms with Crippen molar-refractivity contribution >= 4 is 27.4 Å².